The molecule has 2 heterocycles. The van der Waals surface area contributed by atoms with Crippen LogP contribution in [-0.2, 0) is 9.31 Å². The monoisotopic (exact) mass is 225 g/mol. The summed E-state index contributed by atoms with van der Waals surface area (Å²) in [6.45, 7) is 4.76. The van der Waals surface area contributed by atoms with Crippen molar-refractivity contribution in [1.82, 2.24) is 10.2 Å². The minimum atomic E-state index is -2.57. The maximum absolute atomic E-state index is 8.02. The first kappa shape index (κ1) is 6.72. The molecule has 1 aromatic rings. The van der Waals surface area contributed by atoms with Gasteiger partial charge in [-0.3, -0.25) is 0 Å². The summed E-state index contributed by atoms with van der Waals surface area (Å²) in [6, 6.07) is -0.381. The predicted octanol–water partition coefficient (Wildman–Crippen LogP) is 1.08. The van der Waals surface area contributed by atoms with Crippen molar-refractivity contribution >= 4 is 12.6 Å². The summed E-state index contributed by atoms with van der Waals surface area (Å²) in [5.41, 5.74) is -1.77. The first-order valence-electron chi connectivity index (χ1n) is 7.57. The first-order valence-corrected chi connectivity index (χ1v) is 5.07. The smallest absolute Gasteiger partial charge is 0.399 e. The van der Waals surface area contributed by atoms with Gasteiger partial charge in [-0.1, -0.05) is 0 Å². The summed E-state index contributed by atoms with van der Waals surface area (Å²) >= 11 is 0. The van der Waals surface area contributed by atoms with Crippen molar-refractivity contribution in [2.45, 2.75) is 45.7 Å². The van der Waals surface area contributed by atoms with Gasteiger partial charge in [-0.2, -0.15) is 10.2 Å². The Morgan fingerprint density at radius 1 is 1.31 bits per heavy atom. The van der Waals surface area contributed by atoms with E-state index >= 15 is 0 Å². The Hall–Kier alpha value is -0.935. The molecule has 1 aliphatic heterocycles. The van der Waals surface area contributed by atoms with Gasteiger partial charge in [0, 0.05) is 15.7 Å². The second-order valence-electron chi connectivity index (χ2n) is 4.79. The van der Waals surface area contributed by atoms with E-state index in [1.807, 2.05) is 27.7 Å². The summed E-state index contributed by atoms with van der Waals surface area (Å²) in [5.74, 6) is 0. The largest absolute Gasteiger partial charge is 0.496 e. The van der Waals surface area contributed by atoms with Crippen LogP contribution >= 0.6 is 0 Å². The number of nitrogens with zero attached hydrogens (tertiary/aromatic N) is 2. The summed E-state index contributed by atoms with van der Waals surface area (Å²) in [5, 5.41) is 6.98. The highest BCUT2D eigenvalue weighted by Crippen LogP contribution is 2.36. The zero-order valence-electron chi connectivity index (χ0n) is 14.8. The molecule has 86 valence electrons. The first-order chi connectivity index (χ1) is 9.37. The minimum absolute atomic E-state index is 0.00484. The van der Waals surface area contributed by atoms with Gasteiger partial charge in [0.1, 0.15) is 0 Å². The Morgan fingerprint density at radius 2 is 1.94 bits per heavy atom. The molecule has 1 aliphatic rings. The molecule has 0 atom stereocenters. The van der Waals surface area contributed by atoms with Crippen molar-refractivity contribution in [3.63, 3.8) is 0 Å². The van der Waals surface area contributed by atoms with E-state index in [1.165, 1.54) is 0 Å². The van der Waals surface area contributed by atoms with Crippen LogP contribution in [0.15, 0.2) is 12.2 Å². The van der Waals surface area contributed by atoms with Gasteiger partial charge in [-0.05, 0) is 40.6 Å². The van der Waals surface area contributed by atoms with E-state index in [0.29, 0.717) is 0 Å². The van der Waals surface area contributed by atoms with E-state index in [0.717, 1.165) is 0 Å². The molecule has 0 amide bonds. The Morgan fingerprint density at radius 3 is 2.50 bits per heavy atom. The van der Waals surface area contributed by atoms with Crippen LogP contribution in [0, 0.1) is 6.85 Å². The quantitative estimate of drug-likeness (QED) is 0.671. The third kappa shape index (κ3) is 1.85. The Kier molecular flexibility index (Phi) is 1.48. The Balaban J connectivity index is 2.51. The number of hydrogen-bond acceptors (Lipinski definition) is 4. The summed E-state index contributed by atoms with van der Waals surface area (Å²) in [6.07, 6.45) is -0.313. The van der Waals surface area contributed by atoms with Crippen molar-refractivity contribution in [1.29, 1.82) is 0 Å². The molecule has 0 aromatic carbocycles. The van der Waals surface area contributed by atoms with Crippen molar-refractivity contribution < 1.29 is 16.2 Å². The fourth-order valence-corrected chi connectivity index (χ4v) is 1.38. The second kappa shape index (κ2) is 3.53. The lowest BCUT2D eigenvalue weighted by atomic mass is 9.80. The van der Waals surface area contributed by atoms with Gasteiger partial charge < -0.3 is 9.31 Å². The standard InChI is InChI=1S/C11H17BN2O2/c1-8-6-9(7-13-14-8)12-15-10(2,3)11(4,5)16-12/h6-7H,1-5H3/i1D3,6D,7D. The topological polar surface area (TPSA) is 44.2 Å². The molecule has 1 fully saturated rings. The van der Waals surface area contributed by atoms with E-state index in [9.17, 15) is 0 Å². The molecule has 0 N–H and O–H groups in total. The molecule has 0 unspecified atom stereocenters. The molecule has 16 heavy (non-hydrogen) atoms. The zero-order valence-corrected chi connectivity index (χ0v) is 9.79. The van der Waals surface area contributed by atoms with Crippen molar-refractivity contribution in [3.05, 3.63) is 17.9 Å². The lowest BCUT2D eigenvalue weighted by Crippen LogP contribution is -2.41. The Bertz CT molecular complexity index is 560. The van der Waals surface area contributed by atoms with Crippen LogP contribution in [0.25, 0.3) is 0 Å². The molecular weight excluding hydrogens is 203 g/mol. The summed E-state index contributed by atoms with van der Waals surface area (Å²) in [7, 11) is -1.01. The van der Waals surface area contributed by atoms with Gasteiger partial charge in [-0.15, -0.1) is 0 Å². The van der Waals surface area contributed by atoms with Gasteiger partial charge >= 0.3 is 7.12 Å². The lowest BCUT2D eigenvalue weighted by molar-refractivity contribution is 0.00578. The molecule has 0 spiro atoms. The second-order valence-corrected chi connectivity index (χ2v) is 4.79. The van der Waals surface area contributed by atoms with Crippen LogP contribution in [0.2, 0.25) is 0 Å². The minimum Gasteiger partial charge on any atom is -0.399 e. The van der Waals surface area contributed by atoms with E-state index < -0.39 is 30.9 Å². The molecular formula is C11H17BN2O2. The molecule has 1 saturated heterocycles. The van der Waals surface area contributed by atoms with E-state index in [-0.39, 0.29) is 17.7 Å². The van der Waals surface area contributed by atoms with Crippen LogP contribution in [0.3, 0.4) is 0 Å². The van der Waals surface area contributed by atoms with Crippen LogP contribution in [-0.4, -0.2) is 28.5 Å². The number of aryl methyl sites for hydroxylation is 1. The zero-order chi connectivity index (χ0) is 16.2. The molecule has 0 saturated carbocycles. The van der Waals surface area contributed by atoms with Gasteiger partial charge in [0.05, 0.1) is 19.6 Å². The van der Waals surface area contributed by atoms with Crippen LogP contribution in [0.4, 0.5) is 0 Å². The highest BCUT2D eigenvalue weighted by molar-refractivity contribution is 6.62. The number of rotatable bonds is 1. The third-order valence-corrected chi connectivity index (χ3v) is 3.06. The molecule has 0 aliphatic carbocycles. The van der Waals surface area contributed by atoms with Gasteiger partial charge in [-0.25, -0.2) is 0 Å². The van der Waals surface area contributed by atoms with E-state index in [2.05, 4.69) is 10.2 Å². The predicted molar refractivity (Wildman–Crippen MR) is 62.5 cm³/mol. The molecule has 5 heteroatoms. The highest BCUT2D eigenvalue weighted by atomic mass is 16.7. The average Bonchev–Trinajstić information content (AvgIpc) is 2.45. The Labute approximate surface area is 104 Å². The van der Waals surface area contributed by atoms with Crippen molar-refractivity contribution in [2.75, 3.05) is 0 Å². The van der Waals surface area contributed by atoms with Crippen molar-refractivity contribution in [3.8, 4) is 0 Å². The van der Waals surface area contributed by atoms with Gasteiger partial charge in [0.25, 0.3) is 0 Å². The molecule has 0 radical (unpaired) electrons. The van der Waals surface area contributed by atoms with Crippen LogP contribution in [0.5, 0.6) is 0 Å². The average molecular weight is 225 g/mol. The van der Waals surface area contributed by atoms with E-state index in [4.69, 9.17) is 16.2 Å². The van der Waals surface area contributed by atoms with Crippen molar-refractivity contribution in [2.24, 2.45) is 0 Å². The maximum atomic E-state index is 8.02. The molecule has 2 rings (SSSR count). The molecule has 4 nitrogen and oxygen atoms in total. The lowest BCUT2D eigenvalue weighted by Gasteiger charge is -2.32. The highest BCUT2D eigenvalue weighted by Gasteiger charge is 2.51. The van der Waals surface area contributed by atoms with E-state index in [1.54, 1.807) is 0 Å². The van der Waals surface area contributed by atoms with Crippen LogP contribution < -0.4 is 5.46 Å². The van der Waals surface area contributed by atoms with Gasteiger partial charge in [0.15, 0.2) is 0 Å². The third-order valence-electron chi connectivity index (χ3n) is 3.06. The summed E-state index contributed by atoms with van der Waals surface area (Å²) < 4.78 is 49.5. The van der Waals surface area contributed by atoms with Gasteiger partial charge in [0.2, 0.25) is 0 Å². The van der Waals surface area contributed by atoms with Crippen LogP contribution in [0.1, 0.15) is 40.2 Å². The SMILES string of the molecule is [2H]c1nnc(C([2H])([2H])[2H])c([2H])c1B1OC(C)(C)C(C)(C)O1. The number of aromatic nitrogens is 2. The fourth-order valence-electron chi connectivity index (χ4n) is 1.38. The molecule has 1 aromatic heterocycles. The maximum Gasteiger partial charge on any atom is 0.496 e. The normalized spacial score (nSPS) is 27.8. The molecule has 0 bridgehead atoms. The number of hydrogen-bond donors (Lipinski definition) is 0. The summed E-state index contributed by atoms with van der Waals surface area (Å²) in [4.78, 5) is 0. The fraction of sp³-hybridized carbons (Fsp3) is 0.636.